The van der Waals surface area contributed by atoms with E-state index in [9.17, 15) is 26.4 Å². The molecule has 0 saturated carbocycles. The van der Waals surface area contributed by atoms with Crippen molar-refractivity contribution in [1.82, 2.24) is 4.72 Å². The molecule has 0 aromatic heterocycles. The number of anilines is 2. The average molecular weight is 313 g/mol. The molecule has 0 heterocycles. The van der Waals surface area contributed by atoms with Gasteiger partial charge in [-0.05, 0) is 18.2 Å². The number of carbonyl (C=O) groups excluding carboxylic acids is 1. The van der Waals surface area contributed by atoms with Crippen LogP contribution in [0, 0.1) is 0 Å². The standard InChI is InChI=1S/C9H10F3N3O4S/c1-19-8(16)15-20(17,18)14-7-3-2-5(13)4-6(7)9(10,11)12/h2-4,14H,13H2,1H3,(H,15,16). The molecule has 0 aliphatic carbocycles. The van der Waals surface area contributed by atoms with E-state index >= 15 is 0 Å². The van der Waals surface area contributed by atoms with Crippen LogP contribution in [0.5, 0.6) is 0 Å². The number of hydrogen-bond donors (Lipinski definition) is 3. The van der Waals surface area contributed by atoms with Crippen LogP contribution >= 0.6 is 0 Å². The second-order valence-corrected chi connectivity index (χ2v) is 4.92. The monoisotopic (exact) mass is 313 g/mol. The molecule has 1 rings (SSSR count). The maximum absolute atomic E-state index is 12.7. The van der Waals surface area contributed by atoms with E-state index in [1.807, 2.05) is 0 Å². The first kappa shape index (κ1) is 15.9. The molecule has 1 aromatic rings. The Hall–Kier alpha value is -2.17. The zero-order valence-electron chi connectivity index (χ0n) is 9.98. The molecule has 0 fully saturated rings. The van der Waals surface area contributed by atoms with Gasteiger partial charge in [0.15, 0.2) is 0 Å². The molecule has 4 N–H and O–H groups in total. The van der Waals surface area contributed by atoms with Crippen LogP contribution in [-0.2, 0) is 21.1 Å². The van der Waals surface area contributed by atoms with Gasteiger partial charge in [0.2, 0.25) is 0 Å². The molecule has 0 atom stereocenters. The normalized spacial score (nSPS) is 11.8. The fraction of sp³-hybridized carbons (Fsp3) is 0.222. The lowest BCUT2D eigenvalue weighted by atomic mass is 10.1. The Labute approximate surface area is 112 Å². The topological polar surface area (TPSA) is 111 Å². The Morgan fingerprint density at radius 3 is 2.45 bits per heavy atom. The van der Waals surface area contributed by atoms with Gasteiger partial charge in [0.1, 0.15) is 0 Å². The second kappa shape index (κ2) is 5.45. The van der Waals surface area contributed by atoms with Gasteiger partial charge in [-0.3, -0.25) is 4.72 Å². The van der Waals surface area contributed by atoms with Gasteiger partial charge >= 0.3 is 22.5 Å². The summed E-state index contributed by atoms with van der Waals surface area (Å²) in [5.74, 6) is 0. The Morgan fingerprint density at radius 1 is 1.35 bits per heavy atom. The van der Waals surface area contributed by atoms with Gasteiger partial charge in [-0.1, -0.05) is 0 Å². The predicted molar refractivity (Wildman–Crippen MR) is 63.9 cm³/mol. The zero-order valence-corrected chi connectivity index (χ0v) is 10.8. The first-order chi connectivity index (χ1) is 9.05. The molecular weight excluding hydrogens is 303 g/mol. The minimum atomic E-state index is -4.82. The maximum atomic E-state index is 12.7. The summed E-state index contributed by atoms with van der Waals surface area (Å²) in [5, 5.41) is 0. The minimum Gasteiger partial charge on any atom is -0.452 e. The van der Waals surface area contributed by atoms with Crippen molar-refractivity contribution in [3.8, 4) is 0 Å². The number of alkyl halides is 3. The van der Waals surface area contributed by atoms with E-state index in [0.29, 0.717) is 6.07 Å². The number of carbonyl (C=O) groups is 1. The van der Waals surface area contributed by atoms with E-state index in [-0.39, 0.29) is 5.69 Å². The Bertz CT molecular complexity index is 615. The van der Waals surface area contributed by atoms with E-state index in [1.165, 1.54) is 4.72 Å². The number of nitrogens with two attached hydrogens (primary N) is 1. The van der Waals surface area contributed by atoms with Gasteiger partial charge < -0.3 is 10.5 Å². The van der Waals surface area contributed by atoms with Crippen molar-refractivity contribution in [3.05, 3.63) is 23.8 Å². The Balaban J connectivity index is 3.13. The number of hydrogen-bond acceptors (Lipinski definition) is 5. The zero-order chi connectivity index (χ0) is 15.6. The summed E-state index contributed by atoms with van der Waals surface area (Å²) in [5.41, 5.74) is 2.97. The van der Waals surface area contributed by atoms with Crippen molar-refractivity contribution in [2.24, 2.45) is 0 Å². The van der Waals surface area contributed by atoms with Gasteiger partial charge in [0.25, 0.3) is 0 Å². The van der Waals surface area contributed by atoms with E-state index in [2.05, 4.69) is 4.74 Å². The molecule has 0 aliphatic rings. The quantitative estimate of drug-likeness (QED) is 0.728. The molecule has 0 radical (unpaired) electrons. The van der Waals surface area contributed by atoms with Crippen LogP contribution in [0.25, 0.3) is 0 Å². The lowest BCUT2D eigenvalue weighted by molar-refractivity contribution is -0.136. The van der Waals surface area contributed by atoms with Gasteiger partial charge in [-0.15, -0.1) is 0 Å². The SMILES string of the molecule is COC(=O)NS(=O)(=O)Nc1ccc(N)cc1C(F)(F)F. The fourth-order valence-electron chi connectivity index (χ4n) is 1.21. The number of amides is 1. The largest absolute Gasteiger partial charge is 0.452 e. The van der Waals surface area contributed by atoms with Crippen LogP contribution in [0.3, 0.4) is 0 Å². The van der Waals surface area contributed by atoms with Crippen molar-refractivity contribution in [2.45, 2.75) is 6.18 Å². The van der Waals surface area contributed by atoms with Gasteiger partial charge in [0, 0.05) is 5.69 Å². The highest BCUT2D eigenvalue weighted by atomic mass is 32.2. The third-order valence-electron chi connectivity index (χ3n) is 2.00. The Kier molecular flexibility index (Phi) is 4.33. The molecular formula is C9H10F3N3O4S. The van der Waals surface area contributed by atoms with Crippen molar-refractivity contribution < 1.29 is 31.1 Å². The molecule has 0 spiro atoms. The van der Waals surface area contributed by atoms with Crippen LogP contribution in [0.4, 0.5) is 29.3 Å². The molecule has 20 heavy (non-hydrogen) atoms. The number of methoxy groups -OCH3 is 1. The van der Waals surface area contributed by atoms with E-state index in [0.717, 1.165) is 19.2 Å². The van der Waals surface area contributed by atoms with Crippen molar-refractivity contribution in [1.29, 1.82) is 0 Å². The van der Waals surface area contributed by atoms with Crippen LogP contribution in [-0.4, -0.2) is 21.6 Å². The summed E-state index contributed by atoms with van der Waals surface area (Å²) in [4.78, 5) is 10.8. The van der Waals surface area contributed by atoms with E-state index < -0.39 is 33.7 Å². The molecule has 112 valence electrons. The van der Waals surface area contributed by atoms with Crippen molar-refractivity contribution >= 4 is 27.7 Å². The highest BCUT2D eigenvalue weighted by Gasteiger charge is 2.34. The van der Waals surface area contributed by atoms with E-state index in [4.69, 9.17) is 5.73 Å². The number of nitrogen functional groups attached to an aromatic ring is 1. The molecule has 11 heteroatoms. The van der Waals surface area contributed by atoms with Gasteiger partial charge in [0.05, 0.1) is 18.4 Å². The lowest BCUT2D eigenvalue weighted by Crippen LogP contribution is -2.35. The summed E-state index contributed by atoms with van der Waals surface area (Å²) >= 11 is 0. The third-order valence-corrected chi connectivity index (χ3v) is 2.92. The summed E-state index contributed by atoms with van der Waals surface area (Å²) in [6.07, 6.45) is -6.17. The molecule has 0 saturated heterocycles. The van der Waals surface area contributed by atoms with Crippen molar-refractivity contribution in [2.75, 3.05) is 17.6 Å². The molecule has 0 unspecified atom stereocenters. The predicted octanol–water partition coefficient (Wildman–Crippen LogP) is 1.30. The summed E-state index contributed by atoms with van der Waals surface area (Å²) < 4.78 is 68.0. The average Bonchev–Trinajstić information content (AvgIpc) is 2.29. The fourth-order valence-corrected chi connectivity index (χ4v) is 2.03. The molecule has 7 nitrogen and oxygen atoms in total. The molecule has 1 amide bonds. The molecule has 1 aromatic carbocycles. The third kappa shape index (κ3) is 4.19. The number of rotatable bonds is 3. The van der Waals surface area contributed by atoms with Crippen LogP contribution in [0.15, 0.2) is 18.2 Å². The molecule has 0 bridgehead atoms. The summed E-state index contributed by atoms with van der Waals surface area (Å²) in [6, 6.07) is 2.47. The first-order valence-electron chi connectivity index (χ1n) is 4.90. The van der Waals surface area contributed by atoms with Crippen LogP contribution in [0.2, 0.25) is 0 Å². The highest BCUT2D eigenvalue weighted by molar-refractivity contribution is 7.91. The van der Waals surface area contributed by atoms with E-state index in [1.54, 1.807) is 4.72 Å². The second-order valence-electron chi connectivity index (χ2n) is 3.50. The summed E-state index contributed by atoms with van der Waals surface area (Å²) in [7, 11) is -3.66. The smallest absolute Gasteiger partial charge is 0.422 e. The maximum Gasteiger partial charge on any atom is 0.422 e. The number of ether oxygens (including phenoxy) is 1. The van der Waals surface area contributed by atoms with Crippen LogP contribution in [0.1, 0.15) is 5.56 Å². The summed E-state index contributed by atoms with van der Waals surface area (Å²) in [6.45, 7) is 0. The van der Waals surface area contributed by atoms with Gasteiger partial charge in [-0.25, -0.2) is 9.52 Å². The number of nitrogens with one attached hydrogen (secondary N) is 2. The van der Waals surface area contributed by atoms with Crippen molar-refractivity contribution in [3.63, 3.8) is 0 Å². The lowest BCUT2D eigenvalue weighted by Gasteiger charge is -2.15. The number of halogens is 3. The Morgan fingerprint density at radius 2 is 1.95 bits per heavy atom. The first-order valence-corrected chi connectivity index (χ1v) is 6.38. The minimum absolute atomic E-state index is 0.193. The van der Waals surface area contributed by atoms with Crippen LogP contribution < -0.4 is 15.2 Å². The van der Waals surface area contributed by atoms with Gasteiger partial charge in [-0.2, -0.15) is 21.6 Å². The highest BCUT2D eigenvalue weighted by Crippen LogP contribution is 2.36. The number of benzene rings is 1. The molecule has 0 aliphatic heterocycles.